The van der Waals surface area contributed by atoms with Gasteiger partial charge in [0, 0.05) is 24.0 Å². The number of amides is 2. The molecule has 1 unspecified atom stereocenters. The van der Waals surface area contributed by atoms with Gasteiger partial charge in [-0.05, 0) is 92.3 Å². The standard InChI is InChI=1S/C39H44ClN3O4S/c1-28-14-22-36(23-15-28)48(46,47)43(35-21-16-29(2)30(3)24-35)27-38(44)42(26-32-17-19-33(40)20-18-32)37(25-31-10-6-4-7-11-31)39(45)41-34-12-8-5-9-13-34/h4,6-7,10-11,14-24,34,37H,5,8-9,12-13,25-27H2,1-3H3,(H,41,45). The second kappa shape index (κ2) is 15.8. The highest BCUT2D eigenvalue weighted by Crippen LogP contribution is 2.28. The van der Waals surface area contributed by atoms with Gasteiger partial charge in [0.1, 0.15) is 12.6 Å². The summed E-state index contributed by atoms with van der Waals surface area (Å²) in [5.41, 5.74) is 4.87. The van der Waals surface area contributed by atoms with Gasteiger partial charge >= 0.3 is 0 Å². The molecule has 48 heavy (non-hydrogen) atoms. The number of anilines is 1. The molecule has 0 radical (unpaired) electrons. The minimum absolute atomic E-state index is 0.0333. The van der Waals surface area contributed by atoms with Crippen molar-refractivity contribution in [3.8, 4) is 0 Å². The van der Waals surface area contributed by atoms with Crippen LogP contribution in [-0.2, 0) is 32.6 Å². The number of nitrogens with one attached hydrogen (secondary N) is 1. The molecule has 1 atom stereocenters. The van der Waals surface area contributed by atoms with E-state index in [2.05, 4.69) is 5.32 Å². The Kier molecular flexibility index (Phi) is 11.6. The fourth-order valence-corrected chi connectivity index (χ4v) is 7.66. The van der Waals surface area contributed by atoms with Gasteiger partial charge in [0.25, 0.3) is 10.0 Å². The number of carbonyl (C=O) groups is 2. The highest BCUT2D eigenvalue weighted by atomic mass is 35.5. The zero-order chi connectivity index (χ0) is 34.3. The van der Waals surface area contributed by atoms with Crippen molar-refractivity contribution in [2.24, 2.45) is 0 Å². The van der Waals surface area contributed by atoms with Crippen LogP contribution >= 0.6 is 11.6 Å². The third-order valence-electron chi connectivity index (χ3n) is 9.16. The van der Waals surface area contributed by atoms with Crippen LogP contribution in [0, 0.1) is 20.8 Å². The number of sulfonamides is 1. The second-order valence-electron chi connectivity index (χ2n) is 12.8. The highest BCUT2D eigenvalue weighted by Gasteiger charge is 2.35. The number of carbonyl (C=O) groups excluding carboxylic acids is 2. The molecule has 9 heteroatoms. The van der Waals surface area contributed by atoms with E-state index >= 15 is 0 Å². The van der Waals surface area contributed by atoms with Gasteiger partial charge in [0.2, 0.25) is 11.8 Å². The van der Waals surface area contributed by atoms with Gasteiger partial charge in [0.05, 0.1) is 10.6 Å². The lowest BCUT2D eigenvalue weighted by molar-refractivity contribution is -0.140. The Labute approximate surface area is 290 Å². The third kappa shape index (κ3) is 8.85. The van der Waals surface area contributed by atoms with Crippen molar-refractivity contribution in [1.82, 2.24) is 10.2 Å². The number of hydrogen-bond acceptors (Lipinski definition) is 4. The van der Waals surface area contributed by atoms with Gasteiger partial charge in [-0.2, -0.15) is 0 Å². The minimum atomic E-state index is -4.17. The molecule has 1 aliphatic rings. The van der Waals surface area contributed by atoms with Gasteiger partial charge in [-0.3, -0.25) is 13.9 Å². The van der Waals surface area contributed by atoms with Crippen molar-refractivity contribution >= 4 is 39.1 Å². The summed E-state index contributed by atoms with van der Waals surface area (Å²) in [5.74, 6) is -0.731. The first kappa shape index (κ1) is 35.2. The Bertz CT molecular complexity index is 1810. The van der Waals surface area contributed by atoms with Crippen LogP contribution in [0.3, 0.4) is 0 Å². The summed E-state index contributed by atoms with van der Waals surface area (Å²) in [5, 5.41) is 3.80. The highest BCUT2D eigenvalue weighted by molar-refractivity contribution is 7.92. The van der Waals surface area contributed by atoms with E-state index in [1.54, 1.807) is 48.5 Å². The molecule has 0 spiro atoms. The Morgan fingerprint density at radius 1 is 0.812 bits per heavy atom. The predicted octanol–water partition coefficient (Wildman–Crippen LogP) is 7.55. The second-order valence-corrected chi connectivity index (χ2v) is 15.1. The summed E-state index contributed by atoms with van der Waals surface area (Å²) in [6.45, 7) is 5.36. The molecule has 4 aromatic carbocycles. The Balaban J connectivity index is 1.57. The topological polar surface area (TPSA) is 86.8 Å². The Morgan fingerprint density at radius 2 is 1.48 bits per heavy atom. The van der Waals surface area contributed by atoms with E-state index < -0.39 is 28.5 Å². The van der Waals surface area contributed by atoms with Crippen molar-refractivity contribution in [1.29, 1.82) is 0 Å². The fourth-order valence-electron chi connectivity index (χ4n) is 6.13. The molecule has 4 aromatic rings. The van der Waals surface area contributed by atoms with Crippen LogP contribution in [0.5, 0.6) is 0 Å². The third-order valence-corrected chi connectivity index (χ3v) is 11.2. The fraction of sp³-hybridized carbons (Fsp3) is 0.333. The Morgan fingerprint density at radius 3 is 2.12 bits per heavy atom. The lowest BCUT2D eigenvalue weighted by atomic mass is 9.94. The van der Waals surface area contributed by atoms with Crippen LogP contribution in [0.25, 0.3) is 0 Å². The molecular weight excluding hydrogens is 642 g/mol. The molecule has 7 nitrogen and oxygen atoms in total. The molecule has 0 bridgehead atoms. The number of halogens is 1. The first-order valence-corrected chi connectivity index (χ1v) is 18.4. The minimum Gasteiger partial charge on any atom is -0.352 e. The summed E-state index contributed by atoms with van der Waals surface area (Å²) < 4.78 is 29.8. The molecular formula is C39H44ClN3O4S. The van der Waals surface area contributed by atoms with E-state index in [1.165, 1.54) is 9.21 Å². The number of hydrogen-bond donors (Lipinski definition) is 1. The van der Waals surface area contributed by atoms with Gasteiger partial charge in [0.15, 0.2) is 0 Å². The number of nitrogens with zero attached hydrogens (tertiary/aromatic N) is 2. The van der Waals surface area contributed by atoms with Gasteiger partial charge in [-0.1, -0.05) is 97.1 Å². The molecule has 1 N–H and O–H groups in total. The molecule has 0 aromatic heterocycles. The first-order valence-electron chi connectivity index (χ1n) is 16.6. The normalized spacial score (nSPS) is 14.2. The van der Waals surface area contributed by atoms with Crippen molar-refractivity contribution in [2.45, 2.75) is 82.8 Å². The number of aryl methyl sites for hydroxylation is 3. The van der Waals surface area contributed by atoms with E-state index in [9.17, 15) is 18.0 Å². The summed E-state index contributed by atoms with van der Waals surface area (Å²) in [4.78, 5) is 30.6. The van der Waals surface area contributed by atoms with Crippen molar-refractivity contribution in [2.75, 3.05) is 10.8 Å². The molecule has 1 aliphatic carbocycles. The predicted molar refractivity (Wildman–Crippen MR) is 193 cm³/mol. The zero-order valence-electron chi connectivity index (χ0n) is 27.9. The lowest BCUT2D eigenvalue weighted by Crippen LogP contribution is -2.55. The maximum absolute atomic E-state index is 14.7. The summed E-state index contributed by atoms with van der Waals surface area (Å²) in [6.07, 6.45) is 5.29. The average molecular weight is 686 g/mol. The van der Waals surface area contributed by atoms with Crippen LogP contribution in [0.15, 0.2) is 102 Å². The maximum Gasteiger partial charge on any atom is 0.264 e. The van der Waals surface area contributed by atoms with E-state index in [-0.39, 0.29) is 29.8 Å². The summed E-state index contributed by atoms with van der Waals surface area (Å²) >= 11 is 6.20. The number of benzene rings is 4. The Hall–Kier alpha value is -4.14. The smallest absolute Gasteiger partial charge is 0.264 e. The van der Waals surface area contributed by atoms with E-state index in [1.807, 2.05) is 69.3 Å². The van der Waals surface area contributed by atoms with Crippen LogP contribution in [0.4, 0.5) is 5.69 Å². The SMILES string of the molecule is Cc1ccc(S(=O)(=O)N(CC(=O)N(Cc2ccc(Cl)cc2)C(Cc2ccccc2)C(=O)NC2CCCCC2)c2ccc(C)c(C)c2)cc1. The monoisotopic (exact) mass is 685 g/mol. The van der Waals surface area contributed by atoms with Crippen LogP contribution in [0.1, 0.15) is 59.9 Å². The number of rotatable bonds is 12. The van der Waals surface area contributed by atoms with Crippen LogP contribution in [0.2, 0.25) is 5.02 Å². The summed E-state index contributed by atoms with van der Waals surface area (Å²) in [6, 6.07) is 27.9. The average Bonchev–Trinajstić information content (AvgIpc) is 3.08. The van der Waals surface area contributed by atoms with Gasteiger partial charge < -0.3 is 10.2 Å². The largest absolute Gasteiger partial charge is 0.352 e. The molecule has 5 rings (SSSR count). The molecule has 0 heterocycles. The lowest BCUT2D eigenvalue weighted by Gasteiger charge is -2.35. The molecule has 0 saturated heterocycles. The van der Waals surface area contributed by atoms with E-state index in [0.29, 0.717) is 10.7 Å². The molecule has 1 saturated carbocycles. The van der Waals surface area contributed by atoms with E-state index in [4.69, 9.17) is 11.6 Å². The molecule has 2 amide bonds. The molecule has 1 fully saturated rings. The van der Waals surface area contributed by atoms with Gasteiger partial charge in [-0.15, -0.1) is 0 Å². The van der Waals surface area contributed by atoms with Crippen LogP contribution in [-0.4, -0.2) is 43.8 Å². The van der Waals surface area contributed by atoms with E-state index in [0.717, 1.165) is 59.9 Å². The zero-order valence-corrected chi connectivity index (χ0v) is 29.4. The molecule has 252 valence electrons. The maximum atomic E-state index is 14.7. The van der Waals surface area contributed by atoms with Crippen LogP contribution < -0.4 is 9.62 Å². The summed E-state index contributed by atoms with van der Waals surface area (Å²) in [7, 11) is -4.17. The van der Waals surface area contributed by atoms with Crippen molar-refractivity contribution in [3.63, 3.8) is 0 Å². The molecule has 0 aliphatic heterocycles. The first-order chi connectivity index (χ1) is 23.0. The van der Waals surface area contributed by atoms with Crippen molar-refractivity contribution < 1.29 is 18.0 Å². The quantitative estimate of drug-likeness (QED) is 0.167. The van der Waals surface area contributed by atoms with Crippen molar-refractivity contribution in [3.05, 3.63) is 130 Å². The van der Waals surface area contributed by atoms with Gasteiger partial charge in [-0.25, -0.2) is 8.42 Å².